The van der Waals surface area contributed by atoms with Crippen molar-refractivity contribution in [3.63, 3.8) is 0 Å². The van der Waals surface area contributed by atoms with Crippen LogP contribution in [0.1, 0.15) is 49.5 Å². The molecule has 0 unspecified atom stereocenters. The Labute approximate surface area is 163 Å². The molecule has 0 spiro atoms. The largest absolute Gasteiger partial charge is 0.384 e. The van der Waals surface area contributed by atoms with Crippen LogP contribution in [0, 0.1) is 11.6 Å². The molecule has 1 heterocycles. The lowest BCUT2D eigenvalue weighted by atomic mass is 9.81. The Morgan fingerprint density at radius 3 is 2.50 bits per heavy atom. The van der Waals surface area contributed by atoms with E-state index < -0.39 is 17.7 Å². The van der Waals surface area contributed by atoms with E-state index in [4.69, 9.17) is 9.47 Å². The van der Waals surface area contributed by atoms with Crippen molar-refractivity contribution < 1.29 is 23.0 Å². The third-order valence-electron chi connectivity index (χ3n) is 5.07. The minimum Gasteiger partial charge on any atom is -0.384 e. The van der Waals surface area contributed by atoms with E-state index in [1.807, 2.05) is 6.92 Å². The first-order valence-electron chi connectivity index (χ1n) is 9.35. The summed E-state index contributed by atoms with van der Waals surface area (Å²) in [6, 6.07) is 12.6. The molecule has 1 aliphatic heterocycles. The summed E-state index contributed by atoms with van der Waals surface area (Å²) >= 11 is 0. The van der Waals surface area contributed by atoms with Crippen molar-refractivity contribution in [3.05, 3.63) is 71.3 Å². The highest BCUT2D eigenvalue weighted by atomic mass is 19.1. The Morgan fingerprint density at radius 1 is 1.14 bits per heavy atom. The van der Waals surface area contributed by atoms with Gasteiger partial charge in [0, 0.05) is 37.5 Å². The average molecular weight is 389 g/mol. The number of hydrogen-bond acceptors (Lipinski definition) is 3. The number of halogens is 2. The molecule has 150 valence electrons. The topological polar surface area (TPSA) is 47.6 Å². The predicted molar refractivity (Wildman–Crippen MR) is 102 cm³/mol. The van der Waals surface area contributed by atoms with Crippen molar-refractivity contribution in [2.75, 3.05) is 13.7 Å². The highest BCUT2D eigenvalue weighted by molar-refractivity contribution is 5.76. The van der Waals surface area contributed by atoms with Gasteiger partial charge in [0.25, 0.3) is 0 Å². The first-order chi connectivity index (χ1) is 13.4. The first-order valence-corrected chi connectivity index (χ1v) is 9.35. The summed E-state index contributed by atoms with van der Waals surface area (Å²) in [5.41, 5.74) is 0.640. The molecular formula is C22H25F2NO3. The molecule has 1 N–H and O–H groups in total. The molecule has 1 saturated heterocycles. The summed E-state index contributed by atoms with van der Waals surface area (Å²) in [7, 11) is 1.54. The number of hydrogen-bond donors (Lipinski definition) is 1. The lowest BCUT2D eigenvalue weighted by Gasteiger charge is -2.43. The molecule has 6 heteroatoms. The van der Waals surface area contributed by atoms with Gasteiger partial charge in [0.1, 0.15) is 11.6 Å². The third-order valence-corrected chi connectivity index (χ3v) is 5.07. The lowest BCUT2D eigenvalue weighted by Crippen LogP contribution is -2.51. The first kappa shape index (κ1) is 20.4. The minimum absolute atomic E-state index is 0.128. The van der Waals surface area contributed by atoms with Crippen LogP contribution in [-0.2, 0) is 14.3 Å². The Bertz CT molecular complexity index is 812. The molecule has 0 radical (unpaired) electrons. The molecule has 4 nitrogen and oxygen atoms in total. The van der Waals surface area contributed by atoms with Gasteiger partial charge in [0.05, 0.1) is 18.8 Å². The molecule has 1 amide bonds. The maximum atomic E-state index is 14.4. The van der Waals surface area contributed by atoms with Gasteiger partial charge in [-0.15, -0.1) is 0 Å². The van der Waals surface area contributed by atoms with Crippen LogP contribution in [0.25, 0.3) is 0 Å². The fourth-order valence-corrected chi connectivity index (χ4v) is 3.69. The number of methoxy groups -OCH3 is 1. The number of carbonyl (C=O) groups is 1. The van der Waals surface area contributed by atoms with Gasteiger partial charge in [-0.2, -0.15) is 0 Å². The molecule has 2 aromatic carbocycles. The van der Waals surface area contributed by atoms with Crippen molar-refractivity contribution >= 4 is 5.91 Å². The monoisotopic (exact) mass is 389 g/mol. The maximum Gasteiger partial charge on any atom is 0.222 e. The van der Waals surface area contributed by atoms with Crippen LogP contribution < -0.4 is 5.32 Å². The standard InChI is InChI=1S/C22H25F2NO3/c1-22(25-21(26)11-12-27-2)13-19(15-7-9-16(23)10-8-15)28-20(14-22)17-5-3-4-6-18(17)24/h3-10,19-20H,11-14H2,1-2H3,(H,25,26)/t19-,20+,22-/m0/s1. The second kappa shape index (κ2) is 8.80. The van der Waals surface area contributed by atoms with Crippen molar-refractivity contribution in [2.24, 2.45) is 0 Å². The number of carbonyl (C=O) groups excluding carboxylic acids is 1. The van der Waals surface area contributed by atoms with Crippen molar-refractivity contribution in [1.29, 1.82) is 0 Å². The number of amides is 1. The Balaban J connectivity index is 1.88. The van der Waals surface area contributed by atoms with Crippen molar-refractivity contribution in [1.82, 2.24) is 5.32 Å². The van der Waals surface area contributed by atoms with E-state index in [2.05, 4.69) is 5.32 Å². The van der Waals surface area contributed by atoms with Crippen molar-refractivity contribution in [3.8, 4) is 0 Å². The fourth-order valence-electron chi connectivity index (χ4n) is 3.69. The summed E-state index contributed by atoms with van der Waals surface area (Å²) in [5.74, 6) is -0.808. The van der Waals surface area contributed by atoms with E-state index in [9.17, 15) is 13.6 Å². The molecular weight excluding hydrogens is 364 g/mol. The van der Waals surface area contributed by atoms with Gasteiger partial charge in [-0.05, 0) is 30.7 Å². The van der Waals surface area contributed by atoms with Gasteiger partial charge >= 0.3 is 0 Å². The predicted octanol–water partition coefficient (Wildman–Crippen LogP) is 4.47. The molecule has 28 heavy (non-hydrogen) atoms. The minimum atomic E-state index is -0.602. The third kappa shape index (κ3) is 4.94. The van der Waals surface area contributed by atoms with Crippen LogP contribution in [0.3, 0.4) is 0 Å². The molecule has 0 aromatic heterocycles. The summed E-state index contributed by atoms with van der Waals surface area (Å²) in [6.45, 7) is 2.27. The van der Waals surface area contributed by atoms with Crippen LogP contribution in [0.5, 0.6) is 0 Å². The summed E-state index contributed by atoms with van der Waals surface area (Å²) < 4.78 is 38.9. The van der Waals surface area contributed by atoms with Gasteiger partial charge in [-0.1, -0.05) is 30.3 Å². The van der Waals surface area contributed by atoms with Gasteiger partial charge in [0.15, 0.2) is 0 Å². The van der Waals surface area contributed by atoms with Crippen LogP contribution in [0.2, 0.25) is 0 Å². The molecule has 0 aliphatic carbocycles. The number of nitrogens with one attached hydrogen (secondary N) is 1. The Kier molecular flexibility index (Phi) is 6.42. The number of benzene rings is 2. The quantitative estimate of drug-likeness (QED) is 0.793. The van der Waals surface area contributed by atoms with E-state index in [-0.39, 0.29) is 24.0 Å². The SMILES string of the molecule is COCCC(=O)N[C@@]1(C)C[C@@H](c2ccc(F)cc2)O[C@@H](c2ccccc2F)C1. The molecule has 0 saturated carbocycles. The number of ether oxygens (including phenoxy) is 2. The van der Waals surface area contributed by atoms with Gasteiger partial charge in [-0.25, -0.2) is 8.78 Å². The van der Waals surface area contributed by atoms with E-state index >= 15 is 0 Å². The molecule has 1 fully saturated rings. The van der Waals surface area contributed by atoms with Crippen LogP contribution >= 0.6 is 0 Å². The molecule has 1 aliphatic rings. The van der Waals surface area contributed by atoms with Gasteiger partial charge < -0.3 is 14.8 Å². The fraction of sp³-hybridized carbons (Fsp3) is 0.409. The molecule has 2 aromatic rings. The smallest absolute Gasteiger partial charge is 0.222 e. The Hall–Kier alpha value is -2.31. The second-order valence-electron chi connectivity index (χ2n) is 7.45. The highest BCUT2D eigenvalue weighted by Crippen LogP contribution is 2.44. The van der Waals surface area contributed by atoms with E-state index in [0.717, 1.165) is 5.56 Å². The lowest BCUT2D eigenvalue weighted by molar-refractivity contribution is -0.129. The Morgan fingerprint density at radius 2 is 1.82 bits per heavy atom. The van der Waals surface area contributed by atoms with Crippen LogP contribution in [-0.4, -0.2) is 25.2 Å². The highest BCUT2D eigenvalue weighted by Gasteiger charge is 2.40. The van der Waals surface area contributed by atoms with E-state index in [1.54, 1.807) is 37.4 Å². The summed E-state index contributed by atoms with van der Waals surface area (Å²) in [5, 5.41) is 3.06. The zero-order valence-corrected chi connectivity index (χ0v) is 16.1. The van der Waals surface area contributed by atoms with Crippen molar-refractivity contribution in [2.45, 2.75) is 43.9 Å². The normalized spacial score (nSPS) is 24.7. The van der Waals surface area contributed by atoms with Gasteiger partial charge in [0.2, 0.25) is 5.91 Å². The van der Waals surface area contributed by atoms with Crippen LogP contribution in [0.15, 0.2) is 48.5 Å². The maximum absolute atomic E-state index is 14.4. The van der Waals surface area contributed by atoms with Crippen LogP contribution in [0.4, 0.5) is 8.78 Å². The zero-order valence-electron chi connectivity index (χ0n) is 16.1. The molecule has 3 rings (SSSR count). The summed E-state index contributed by atoms with van der Waals surface area (Å²) in [4.78, 5) is 12.3. The van der Waals surface area contributed by atoms with E-state index in [0.29, 0.717) is 25.0 Å². The zero-order chi connectivity index (χ0) is 20.1. The second-order valence-corrected chi connectivity index (χ2v) is 7.45. The molecule has 3 atom stereocenters. The van der Waals surface area contributed by atoms with E-state index in [1.165, 1.54) is 18.2 Å². The molecule has 0 bridgehead atoms. The average Bonchev–Trinajstić information content (AvgIpc) is 2.66. The van der Waals surface area contributed by atoms with Gasteiger partial charge in [-0.3, -0.25) is 4.79 Å². The summed E-state index contributed by atoms with van der Waals surface area (Å²) in [6.07, 6.45) is 0.259. The number of rotatable bonds is 6.